The normalized spacial score (nSPS) is 11.4. The third kappa shape index (κ3) is 7.25. The number of rotatable bonds is 11. The number of ether oxygens (including phenoxy) is 2. The highest BCUT2D eigenvalue weighted by Crippen LogP contribution is 1.97. The lowest BCUT2D eigenvalue weighted by molar-refractivity contribution is 0.0676. The Morgan fingerprint density at radius 2 is 2.16 bits per heavy atom. The van der Waals surface area contributed by atoms with Crippen molar-refractivity contribution >= 4 is 0 Å². The summed E-state index contributed by atoms with van der Waals surface area (Å²) in [6.07, 6.45) is 2.54. The SMILES string of the molecule is COCCOCCCn1ncnc1CNCC(C)C. The molecule has 19 heavy (non-hydrogen) atoms. The third-order valence-corrected chi connectivity index (χ3v) is 2.62. The van der Waals surface area contributed by atoms with Gasteiger partial charge >= 0.3 is 0 Å². The number of methoxy groups -OCH3 is 1. The molecule has 110 valence electrons. The Bertz CT molecular complexity index is 328. The molecule has 0 aromatic carbocycles. The van der Waals surface area contributed by atoms with Gasteiger partial charge in [0.05, 0.1) is 19.8 Å². The molecule has 0 atom stereocenters. The van der Waals surface area contributed by atoms with Crippen molar-refractivity contribution in [1.29, 1.82) is 0 Å². The molecule has 0 saturated heterocycles. The first-order valence-corrected chi connectivity index (χ1v) is 6.88. The van der Waals surface area contributed by atoms with E-state index in [4.69, 9.17) is 9.47 Å². The fraction of sp³-hybridized carbons (Fsp3) is 0.846. The summed E-state index contributed by atoms with van der Waals surface area (Å²) in [5.41, 5.74) is 0. The molecule has 0 aliphatic carbocycles. The van der Waals surface area contributed by atoms with Crippen LogP contribution in [0.4, 0.5) is 0 Å². The topological polar surface area (TPSA) is 61.2 Å². The molecule has 0 unspecified atom stereocenters. The Kier molecular flexibility index (Phi) is 8.36. The van der Waals surface area contributed by atoms with Crippen LogP contribution in [-0.4, -0.2) is 48.2 Å². The van der Waals surface area contributed by atoms with Gasteiger partial charge in [-0.05, 0) is 18.9 Å². The van der Waals surface area contributed by atoms with E-state index in [1.165, 1.54) is 0 Å². The number of nitrogens with one attached hydrogen (secondary N) is 1. The lowest BCUT2D eigenvalue weighted by Gasteiger charge is -2.09. The molecule has 0 saturated carbocycles. The van der Waals surface area contributed by atoms with Crippen molar-refractivity contribution in [3.8, 4) is 0 Å². The van der Waals surface area contributed by atoms with E-state index in [1.807, 2.05) is 4.68 Å². The van der Waals surface area contributed by atoms with Gasteiger partial charge in [0, 0.05) is 20.3 Å². The molecule has 1 heterocycles. The number of hydrogen-bond acceptors (Lipinski definition) is 5. The van der Waals surface area contributed by atoms with Gasteiger partial charge in [0.25, 0.3) is 0 Å². The van der Waals surface area contributed by atoms with Crippen molar-refractivity contribution in [3.63, 3.8) is 0 Å². The van der Waals surface area contributed by atoms with Gasteiger partial charge < -0.3 is 14.8 Å². The van der Waals surface area contributed by atoms with E-state index in [2.05, 4.69) is 29.2 Å². The highest BCUT2D eigenvalue weighted by Gasteiger charge is 2.04. The summed E-state index contributed by atoms with van der Waals surface area (Å²) >= 11 is 0. The zero-order valence-corrected chi connectivity index (χ0v) is 12.3. The highest BCUT2D eigenvalue weighted by molar-refractivity contribution is 4.83. The van der Waals surface area contributed by atoms with E-state index in [0.717, 1.165) is 38.5 Å². The Morgan fingerprint density at radius 1 is 1.32 bits per heavy atom. The monoisotopic (exact) mass is 270 g/mol. The lowest BCUT2D eigenvalue weighted by Crippen LogP contribution is -2.22. The summed E-state index contributed by atoms with van der Waals surface area (Å²) in [6.45, 7) is 9.00. The van der Waals surface area contributed by atoms with Gasteiger partial charge in [0.15, 0.2) is 0 Å². The Morgan fingerprint density at radius 3 is 2.89 bits per heavy atom. The number of aromatic nitrogens is 3. The molecule has 1 aromatic rings. The molecule has 0 aliphatic heterocycles. The van der Waals surface area contributed by atoms with E-state index >= 15 is 0 Å². The average molecular weight is 270 g/mol. The summed E-state index contributed by atoms with van der Waals surface area (Å²) < 4.78 is 12.3. The summed E-state index contributed by atoms with van der Waals surface area (Å²) in [4.78, 5) is 4.27. The van der Waals surface area contributed by atoms with Gasteiger partial charge in [0.2, 0.25) is 0 Å². The molecule has 0 spiro atoms. The van der Waals surface area contributed by atoms with Crippen LogP contribution in [0.3, 0.4) is 0 Å². The van der Waals surface area contributed by atoms with Gasteiger partial charge in [-0.3, -0.25) is 0 Å². The number of hydrogen-bond donors (Lipinski definition) is 1. The van der Waals surface area contributed by atoms with Crippen LogP contribution in [-0.2, 0) is 22.6 Å². The van der Waals surface area contributed by atoms with Crippen LogP contribution >= 0.6 is 0 Å². The van der Waals surface area contributed by atoms with Crippen LogP contribution in [0.15, 0.2) is 6.33 Å². The van der Waals surface area contributed by atoms with Crippen LogP contribution in [0.1, 0.15) is 26.1 Å². The molecular weight excluding hydrogens is 244 g/mol. The molecule has 6 nitrogen and oxygen atoms in total. The molecule has 1 N–H and O–H groups in total. The van der Waals surface area contributed by atoms with Crippen LogP contribution in [0.5, 0.6) is 0 Å². The lowest BCUT2D eigenvalue weighted by atomic mass is 10.2. The summed E-state index contributed by atoms with van der Waals surface area (Å²) in [5.74, 6) is 1.63. The maximum atomic E-state index is 5.42. The summed E-state index contributed by atoms with van der Waals surface area (Å²) in [6, 6.07) is 0. The van der Waals surface area contributed by atoms with Crippen molar-refractivity contribution in [2.75, 3.05) is 33.5 Å². The van der Waals surface area contributed by atoms with Crippen LogP contribution < -0.4 is 5.32 Å². The van der Waals surface area contributed by atoms with Crippen molar-refractivity contribution < 1.29 is 9.47 Å². The third-order valence-electron chi connectivity index (χ3n) is 2.62. The van der Waals surface area contributed by atoms with Crippen LogP contribution in [0, 0.1) is 5.92 Å². The van der Waals surface area contributed by atoms with Crippen molar-refractivity contribution in [2.45, 2.75) is 33.4 Å². The van der Waals surface area contributed by atoms with E-state index in [-0.39, 0.29) is 0 Å². The molecule has 6 heteroatoms. The van der Waals surface area contributed by atoms with E-state index < -0.39 is 0 Å². The maximum absolute atomic E-state index is 5.42. The first-order chi connectivity index (χ1) is 9.24. The fourth-order valence-corrected chi connectivity index (χ4v) is 1.65. The molecule has 0 amide bonds. The van der Waals surface area contributed by atoms with Crippen LogP contribution in [0.25, 0.3) is 0 Å². The Hall–Kier alpha value is -0.980. The van der Waals surface area contributed by atoms with E-state index in [9.17, 15) is 0 Å². The standard InChI is InChI=1S/C13H26N4O2/c1-12(2)9-14-10-13-15-11-16-17(13)5-4-6-19-8-7-18-3/h11-12,14H,4-10H2,1-3H3. The minimum atomic E-state index is 0.644. The molecule has 0 bridgehead atoms. The van der Waals surface area contributed by atoms with Gasteiger partial charge in [-0.1, -0.05) is 13.8 Å². The second-order valence-electron chi connectivity index (χ2n) is 4.88. The second-order valence-corrected chi connectivity index (χ2v) is 4.88. The van der Waals surface area contributed by atoms with Crippen molar-refractivity contribution in [3.05, 3.63) is 12.2 Å². The first kappa shape index (κ1) is 16.1. The quantitative estimate of drug-likeness (QED) is 0.610. The largest absolute Gasteiger partial charge is 0.382 e. The summed E-state index contributed by atoms with van der Waals surface area (Å²) in [7, 11) is 1.68. The van der Waals surface area contributed by atoms with Gasteiger partial charge in [-0.25, -0.2) is 9.67 Å². The molecule has 1 aromatic heterocycles. The minimum absolute atomic E-state index is 0.644. The smallest absolute Gasteiger partial charge is 0.140 e. The molecule has 0 radical (unpaired) electrons. The Balaban J connectivity index is 2.17. The maximum Gasteiger partial charge on any atom is 0.140 e. The molecular formula is C13H26N4O2. The molecule has 0 aliphatic rings. The minimum Gasteiger partial charge on any atom is -0.382 e. The van der Waals surface area contributed by atoms with Crippen molar-refractivity contribution in [1.82, 2.24) is 20.1 Å². The van der Waals surface area contributed by atoms with E-state index in [1.54, 1.807) is 13.4 Å². The van der Waals surface area contributed by atoms with Crippen LogP contribution in [0.2, 0.25) is 0 Å². The average Bonchev–Trinajstić information content (AvgIpc) is 2.81. The number of nitrogens with zero attached hydrogens (tertiary/aromatic N) is 3. The zero-order chi connectivity index (χ0) is 13.9. The van der Waals surface area contributed by atoms with Crippen molar-refractivity contribution in [2.24, 2.45) is 5.92 Å². The predicted molar refractivity (Wildman–Crippen MR) is 73.9 cm³/mol. The fourth-order valence-electron chi connectivity index (χ4n) is 1.65. The molecule has 0 fully saturated rings. The zero-order valence-electron chi connectivity index (χ0n) is 12.3. The van der Waals surface area contributed by atoms with Gasteiger partial charge in [-0.15, -0.1) is 0 Å². The van der Waals surface area contributed by atoms with Gasteiger partial charge in [-0.2, -0.15) is 5.10 Å². The van der Waals surface area contributed by atoms with E-state index in [0.29, 0.717) is 19.1 Å². The first-order valence-electron chi connectivity index (χ1n) is 6.88. The summed E-state index contributed by atoms with van der Waals surface area (Å²) in [5, 5.41) is 7.61. The number of aryl methyl sites for hydroxylation is 1. The van der Waals surface area contributed by atoms with Gasteiger partial charge in [0.1, 0.15) is 12.2 Å². The second kappa shape index (κ2) is 9.89. The Labute approximate surface area is 115 Å². The predicted octanol–water partition coefficient (Wildman–Crippen LogP) is 1.08. The molecule has 1 rings (SSSR count). The highest BCUT2D eigenvalue weighted by atomic mass is 16.5.